The molecule has 532 valence electrons. The van der Waals surface area contributed by atoms with Gasteiger partial charge in [-0.15, -0.1) is 0 Å². The number of phosphoric acid groups is 1. The van der Waals surface area contributed by atoms with Gasteiger partial charge in [0.15, 0.2) is 26.4 Å². The minimum atomic E-state index is -5.05. The van der Waals surface area contributed by atoms with Crippen LogP contribution < -0.4 is 40.2 Å². The largest absolute Gasteiger partial charge is 0.481 e. The summed E-state index contributed by atoms with van der Waals surface area (Å²) in [6.45, 7) is 5.98. The molecule has 1 aliphatic carbocycles. The van der Waals surface area contributed by atoms with Crippen molar-refractivity contribution in [3.05, 3.63) is 188 Å². The molecule has 10 bridgehead atoms. The zero-order valence-electron chi connectivity index (χ0n) is 56.8. The third-order valence-electron chi connectivity index (χ3n) is 16.8. The summed E-state index contributed by atoms with van der Waals surface area (Å²) in [4.78, 5) is 131. The van der Waals surface area contributed by atoms with E-state index in [9.17, 15) is 38.2 Å². The number of carbonyl (C=O) groups excluding carboxylic acids is 8. The minimum Gasteiger partial charge on any atom is -0.481 e. The summed E-state index contributed by atoms with van der Waals surface area (Å²) in [5.74, 6) is -5.32. The van der Waals surface area contributed by atoms with Gasteiger partial charge in [0.05, 0.1) is 51.7 Å². The molecule has 4 heterocycles. The summed E-state index contributed by atoms with van der Waals surface area (Å²) in [6.07, 6.45) is 2.96. The summed E-state index contributed by atoms with van der Waals surface area (Å²) in [6, 6.07) is 26.5. The Labute approximate surface area is 582 Å². The first-order valence-corrected chi connectivity index (χ1v) is 34.8. The maximum atomic E-state index is 15.2. The Balaban J connectivity index is 1.18. The second-order valence-corrected chi connectivity index (χ2v) is 25.6. The number of para-hydroxylation sites is 4. The molecule has 0 saturated carbocycles. The van der Waals surface area contributed by atoms with Crippen molar-refractivity contribution in [1.82, 2.24) is 31.2 Å². The fourth-order valence-electron chi connectivity index (χ4n) is 12.2. The van der Waals surface area contributed by atoms with Gasteiger partial charge in [0, 0.05) is 71.0 Å². The van der Waals surface area contributed by atoms with Crippen LogP contribution in [0.5, 0.6) is 23.0 Å². The highest BCUT2D eigenvalue weighted by Gasteiger charge is 2.32. The van der Waals surface area contributed by atoms with E-state index < -0.39 is 119 Å². The summed E-state index contributed by atoms with van der Waals surface area (Å²) in [5, 5.41) is 13.1. The van der Waals surface area contributed by atoms with E-state index in [1.807, 2.05) is 48.5 Å². The molecule has 2 aliphatic heterocycles. The standard InChI is InChI=1S/C74H81N6O20P/c1-7-91-63(81)39-95-67-45-17-15-18-46(67)26-50-30-54-32-52(70(50)98-42-66(84)94-10-4)28-48-20-16-19-47(68(48)96-40-64(82)92-8-2)27-51-31-53(29-49(25-45)69(51)97-41-65(83)93-9-3)73(87)77-43(5)71(85)79-57(33-55-35-75-61-23-13-11-21-59(55)61)37-99-101(89,90)100-38-58(80-72(86)44(6)78-74(54)88)34-56-36-76-62-24-14-12-22-60(56)62/h11-24,29-32,35-36,43-44,57-58,75-76H,7-10,25-28,33-34,37-42H2,1-6H3,(H,77,87)(H,78,88)(H,79,85)(H,80,86)(H,89,90)/t43-,44-,57-,58-/m0/s1. The maximum Gasteiger partial charge on any atom is 0.472 e. The van der Waals surface area contributed by atoms with E-state index in [2.05, 4.69) is 31.2 Å². The first-order valence-electron chi connectivity index (χ1n) is 33.3. The van der Waals surface area contributed by atoms with Crippen molar-refractivity contribution in [3.8, 4) is 23.0 Å². The van der Waals surface area contributed by atoms with Crippen molar-refractivity contribution in [2.75, 3.05) is 66.1 Å². The number of hydrogen-bond acceptors (Lipinski definition) is 19. The Morgan fingerprint density at radius 3 is 1.07 bits per heavy atom. The van der Waals surface area contributed by atoms with E-state index in [4.69, 9.17) is 46.9 Å². The zero-order chi connectivity index (χ0) is 71.7. The van der Waals surface area contributed by atoms with E-state index in [1.54, 1.807) is 76.5 Å². The van der Waals surface area contributed by atoms with E-state index in [0.29, 0.717) is 33.4 Å². The Bertz CT molecular complexity index is 4070. The van der Waals surface area contributed by atoms with Crippen molar-refractivity contribution >= 4 is 77.1 Å². The predicted molar refractivity (Wildman–Crippen MR) is 369 cm³/mol. The van der Waals surface area contributed by atoms with Crippen LogP contribution in [0.25, 0.3) is 21.8 Å². The van der Waals surface area contributed by atoms with Gasteiger partial charge in [-0.25, -0.2) is 23.7 Å². The summed E-state index contributed by atoms with van der Waals surface area (Å²) < 4.78 is 72.9. The van der Waals surface area contributed by atoms with Crippen LogP contribution >= 0.6 is 7.82 Å². The molecule has 26 nitrogen and oxygen atoms in total. The molecule has 0 fully saturated rings. The van der Waals surface area contributed by atoms with Gasteiger partial charge in [-0.3, -0.25) is 28.2 Å². The molecule has 0 radical (unpaired) electrons. The van der Waals surface area contributed by atoms with Crippen LogP contribution in [0.2, 0.25) is 0 Å². The van der Waals surface area contributed by atoms with Crippen molar-refractivity contribution in [1.29, 1.82) is 0 Å². The number of aromatic amines is 2. The number of aromatic nitrogens is 2. The van der Waals surface area contributed by atoms with Crippen LogP contribution in [-0.4, -0.2) is 153 Å². The van der Waals surface area contributed by atoms with Crippen LogP contribution in [0.1, 0.15) is 118 Å². The Morgan fingerprint density at radius 2 is 0.752 bits per heavy atom. The maximum absolute atomic E-state index is 15.2. The highest BCUT2D eigenvalue weighted by atomic mass is 31.2. The zero-order valence-corrected chi connectivity index (χ0v) is 57.7. The van der Waals surface area contributed by atoms with Gasteiger partial charge < -0.3 is 74.0 Å². The van der Waals surface area contributed by atoms with Gasteiger partial charge in [-0.2, -0.15) is 0 Å². The van der Waals surface area contributed by atoms with Crippen LogP contribution in [0.3, 0.4) is 0 Å². The number of H-pyrrole nitrogens is 2. The van der Waals surface area contributed by atoms with Gasteiger partial charge in [0.25, 0.3) is 11.8 Å². The lowest BCUT2D eigenvalue weighted by Crippen LogP contribution is -2.50. The topological polar surface area (TPSA) is 346 Å². The SMILES string of the molecule is CCOC(=O)COc1c2cccc1Cc1cc3cc(c1OCC(=O)OCC)Cc1cccc(c1OCC(=O)OCC)Cc1cc(cc(c1OCC(=O)OCC)C2)C(=O)N[C@@H](C)C(=O)N[C@@H](Cc1c[nH]c2ccccc12)COP(=O)(O)OC[C@H](Cc1c[nH]c2ccccc12)NC(=O)[C@H](C)NC3=O. The van der Waals surface area contributed by atoms with Crippen LogP contribution in [0.4, 0.5) is 0 Å². The van der Waals surface area contributed by atoms with Crippen molar-refractivity contribution in [2.24, 2.45) is 0 Å². The van der Waals surface area contributed by atoms with Crippen molar-refractivity contribution in [2.45, 2.75) is 104 Å². The number of carbonyl (C=O) groups is 8. The molecule has 2 aromatic heterocycles. The molecule has 7 N–H and O–H groups in total. The molecule has 4 atom stereocenters. The molecule has 0 spiro atoms. The third kappa shape index (κ3) is 19.1. The van der Waals surface area contributed by atoms with Gasteiger partial charge in [-0.1, -0.05) is 72.8 Å². The molecule has 4 amide bonds. The number of rotatable bonds is 20. The summed E-state index contributed by atoms with van der Waals surface area (Å²) in [7, 11) is -5.05. The van der Waals surface area contributed by atoms with E-state index >= 15 is 9.59 Å². The number of phosphoric ester groups is 1. The van der Waals surface area contributed by atoms with Crippen LogP contribution in [-0.2, 0) is 99.9 Å². The summed E-state index contributed by atoms with van der Waals surface area (Å²) >= 11 is 0. The Hall–Kier alpha value is -10.5. The first kappa shape index (κ1) is 73.2. The van der Waals surface area contributed by atoms with E-state index in [0.717, 1.165) is 21.8 Å². The first-order chi connectivity index (χ1) is 48.7. The average Bonchev–Trinajstić information content (AvgIpc) is 1.50. The Morgan fingerprint density at radius 1 is 0.446 bits per heavy atom. The van der Waals surface area contributed by atoms with Gasteiger partial charge in [0.1, 0.15) is 35.1 Å². The van der Waals surface area contributed by atoms with Crippen molar-refractivity contribution in [3.63, 3.8) is 0 Å². The normalized spacial score (nSPS) is 18.4. The highest BCUT2D eigenvalue weighted by molar-refractivity contribution is 7.47. The monoisotopic (exact) mass is 1400 g/mol. The third-order valence-corrected chi connectivity index (χ3v) is 17.7. The molecule has 0 saturated heterocycles. The number of hydrogen-bond donors (Lipinski definition) is 7. The van der Waals surface area contributed by atoms with Crippen LogP contribution in [0.15, 0.2) is 122 Å². The molecular weight excluding hydrogens is 1320 g/mol. The number of fused-ring (bicyclic) bond motifs is 18. The lowest BCUT2D eigenvalue weighted by Gasteiger charge is -2.25. The Kier molecular flexibility index (Phi) is 24.7. The van der Waals surface area contributed by atoms with Gasteiger partial charge >= 0.3 is 31.7 Å². The molecule has 101 heavy (non-hydrogen) atoms. The van der Waals surface area contributed by atoms with E-state index in [1.165, 1.54) is 38.1 Å². The molecular formula is C74H81N6O20P. The minimum absolute atomic E-state index is 0.00238. The molecule has 0 unspecified atom stereocenters. The van der Waals surface area contributed by atoms with Crippen LogP contribution in [0, 0.1) is 0 Å². The van der Waals surface area contributed by atoms with Gasteiger partial charge in [0.2, 0.25) is 11.8 Å². The molecule has 3 aliphatic rings. The fraction of sp³-hybridized carbons (Fsp3) is 0.351. The van der Waals surface area contributed by atoms with Crippen molar-refractivity contribution < 1.29 is 94.8 Å². The average molecular weight is 1410 g/mol. The number of nitrogens with one attached hydrogen (secondary N) is 6. The summed E-state index contributed by atoms with van der Waals surface area (Å²) in [5.41, 5.74) is 5.71. The number of ether oxygens (including phenoxy) is 8. The quantitative estimate of drug-likeness (QED) is 0.0165. The molecule has 27 heteroatoms. The second-order valence-electron chi connectivity index (χ2n) is 24.1. The molecule has 11 rings (SSSR count). The number of amides is 4. The highest BCUT2D eigenvalue weighted by Crippen LogP contribution is 2.44. The number of esters is 4. The predicted octanol–water partition coefficient (Wildman–Crippen LogP) is 7.93. The van der Waals surface area contributed by atoms with E-state index in [-0.39, 0.29) is 121 Å². The second kappa shape index (κ2) is 34.0. The molecule has 8 aromatic rings. The smallest absolute Gasteiger partial charge is 0.472 e. The number of benzene rings is 6. The lowest BCUT2D eigenvalue weighted by atomic mass is 9.89. The molecule has 6 aromatic carbocycles. The lowest BCUT2D eigenvalue weighted by molar-refractivity contribution is -0.146. The fourth-order valence-corrected chi connectivity index (χ4v) is 13.0. The van der Waals surface area contributed by atoms with Gasteiger partial charge in [-0.05, 0) is 146 Å².